The van der Waals surface area contributed by atoms with Crippen LogP contribution in [0.4, 0.5) is 0 Å². The van der Waals surface area contributed by atoms with Crippen LogP contribution in [0.3, 0.4) is 0 Å². The van der Waals surface area contributed by atoms with Crippen molar-refractivity contribution in [2.75, 3.05) is 0 Å². The highest BCUT2D eigenvalue weighted by Gasteiger charge is 2.44. The molecule has 4 heteroatoms. The summed E-state index contributed by atoms with van der Waals surface area (Å²) in [5.74, 6) is 3.52. The average molecular weight is 497 g/mol. The third-order valence-corrected chi connectivity index (χ3v) is 8.40. The number of allylic oxidation sites excluding steroid dienone is 2. The van der Waals surface area contributed by atoms with E-state index in [1.165, 1.54) is 45.1 Å². The molecule has 7 rings (SSSR count). The van der Waals surface area contributed by atoms with Crippen molar-refractivity contribution in [2.45, 2.75) is 18.8 Å². The number of hydrogen-bond acceptors (Lipinski definition) is 0. The fourth-order valence-electron chi connectivity index (χ4n) is 6.57. The van der Waals surface area contributed by atoms with Crippen molar-refractivity contribution in [3.8, 4) is 11.4 Å². The second kappa shape index (κ2) is 8.84. The molecule has 2 unspecified atom stereocenters. The van der Waals surface area contributed by atoms with Gasteiger partial charge in [0.15, 0.2) is 22.1 Å². The van der Waals surface area contributed by atoms with Crippen LogP contribution < -0.4 is 9.13 Å². The lowest BCUT2D eigenvalue weighted by Crippen LogP contribution is -2.38. The number of rotatable bonds is 4. The van der Waals surface area contributed by atoms with Gasteiger partial charge in [0.2, 0.25) is 0 Å². The van der Waals surface area contributed by atoms with Gasteiger partial charge in [-0.15, -0.1) is 0 Å². The molecule has 0 fully saturated rings. The molecule has 4 nitrogen and oxygen atoms in total. The number of hydrogen-bond donors (Lipinski definition) is 0. The zero-order chi connectivity index (χ0) is 25.8. The molecule has 2 heterocycles. The molecule has 0 spiro atoms. The lowest BCUT2D eigenvalue weighted by molar-refractivity contribution is -0.656. The van der Waals surface area contributed by atoms with Gasteiger partial charge in [0.05, 0.1) is 25.9 Å². The van der Waals surface area contributed by atoms with Crippen LogP contribution in [0.2, 0.25) is 0 Å². The largest absolute Gasteiger partial charge is 0.269 e. The number of aromatic nitrogens is 4. The monoisotopic (exact) mass is 496 g/mol. The van der Waals surface area contributed by atoms with E-state index in [4.69, 9.17) is 0 Å². The minimum Gasteiger partial charge on any atom is -0.229 e. The summed E-state index contributed by atoms with van der Waals surface area (Å²) in [4.78, 5) is 0. The van der Waals surface area contributed by atoms with Gasteiger partial charge >= 0.3 is 0 Å². The van der Waals surface area contributed by atoms with E-state index in [-0.39, 0.29) is 11.8 Å². The molecule has 0 N–H and O–H groups in total. The zero-order valence-electron chi connectivity index (χ0n) is 22.1. The fourth-order valence-corrected chi connectivity index (χ4v) is 6.57. The van der Waals surface area contributed by atoms with E-state index >= 15 is 0 Å². The summed E-state index contributed by atoms with van der Waals surface area (Å²) in [6.45, 7) is 2.41. The van der Waals surface area contributed by atoms with Crippen molar-refractivity contribution < 1.29 is 9.13 Å². The Balaban J connectivity index is 1.41. The Morgan fingerprint density at radius 3 is 1.29 bits per heavy atom. The van der Waals surface area contributed by atoms with Gasteiger partial charge in [-0.1, -0.05) is 79.7 Å². The van der Waals surface area contributed by atoms with Crippen LogP contribution in [-0.2, 0) is 14.1 Å². The summed E-state index contributed by atoms with van der Waals surface area (Å²) in [5, 5.41) is 0. The number of nitrogens with zero attached hydrogens (tertiary/aromatic N) is 4. The Morgan fingerprint density at radius 1 is 0.500 bits per heavy atom. The Hall–Kier alpha value is -4.44. The van der Waals surface area contributed by atoms with Crippen LogP contribution in [0.1, 0.15) is 30.4 Å². The van der Waals surface area contributed by atoms with Gasteiger partial charge in [-0.05, 0) is 54.4 Å². The van der Waals surface area contributed by atoms with E-state index < -0.39 is 0 Å². The second-order valence-corrected chi connectivity index (χ2v) is 10.4. The fraction of sp³-hybridized carbons (Fsp3) is 0.176. The topological polar surface area (TPSA) is 17.6 Å². The van der Waals surface area contributed by atoms with Gasteiger partial charge in [0.25, 0.3) is 11.6 Å². The molecule has 6 aromatic rings. The Bertz CT molecular complexity index is 1670. The molecule has 1 aliphatic rings. The van der Waals surface area contributed by atoms with E-state index in [0.29, 0.717) is 5.92 Å². The molecule has 0 saturated heterocycles. The first-order chi connectivity index (χ1) is 18.6. The van der Waals surface area contributed by atoms with Gasteiger partial charge in [0.1, 0.15) is 11.4 Å². The first kappa shape index (κ1) is 22.7. The third-order valence-electron chi connectivity index (χ3n) is 8.40. The molecule has 4 aromatic carbocycles. The van der Waals surface area contributed by atoms with Crippen LogP contribution in [-0.4, -0.2) is 9.13 Å². The molecule has 0 radical (unpaired) electrons. The highest BCUT2D eigenvalue weighted by Crippen LogP contribution is 2.44. The summed E-state index contributed by atoms with van der Waals surface area (Å²) < 4.78 is 9.69. The van der Waals surface area contributed by atoms with Crippen molar-refractivity contribution in [1.29, 1.82) is 0 Å². The van der Waals surface area contributed by atoms with Gasteiger partial charge in [-0.3, -0.25) is 0 Å². The first-order valence-corrected chi connectivity index (χ1v) is 13.4. The minimum atomic E-state index is 0.264. The predicted molar refractivity (Wildman–Crippen MR) is 153 cm³/mol. The molecule has 2 aromatic heterocycles. The SMILES string of the molecule is CC1C(c2n(-c3ccccc3)c3ccccc3[n+]2C)C=CC1c1n(-c2ccccc2)c2ccccc2[n+]1C. The molecule has 1 aliphatic carbocycles. The Labute approximate surface area is 223 Å². The van der Waals surface area contributed by atoms with Crippen molar-refractivity contribution >= 4 is 22.1 Å². The van der Waals surface area contributed by atoms with Crippen LogP contribution in [0, 0.1) is 5.92 Å². The number of aryl methyl sites for hydroxylation is 2. The maximum atomic E-state index is 2.45. The molecule has 0 aliphatic heterocycles. The molecular weight excluding hydrogens is 464 g/mol. The summed E-state index contributed by atoms with van der Waals surface area (Å²) in [6.07, 6.45) is 4.88. The maximum Gasteiger partial charge on any atom is 0.269 e. The van der Waals surface area contributed by atoms with Gasteiger partial charge in [-0.2, -0.15) is 9.13 Å². The van der Waals surface area contributed by atoms with Crippen molar-refractivity contribution in [1.82, 2.24) is 9.13 Å². The van der Waals surface area contributed by atoms with Crippen LogP contribution in [0.5, 0.6) is 0 Å². The lowest BCUT2D eigenvalue weighted by Gasteiger charge is -2.19. The lowest BCUT2D eigenvalue weighted by atomic mass is 9.88. The van der Waals surface area contributed by atoms with Crippen LogP contribution >= 0.6 is 0 Å². The number of imidazole rings is 2. The molecular formula is C34H32N4+2. The summed E-state index contributed by atoms with van der Waals surface area (Å²) in [5.41, 5.74) is 7.38. The zero-order valence-corrected chi connectivity index (χ0v) is 22.1. The Morgan fingerprint density at radius 2 is 0.868 bits per heavy atom. The number of para-hydroxylation sites is 6. The quantitative estimate of drug-likeness (QED) is 0.201. The van der Waals surface area contributed by atoms with Gasteiger partial charge in [0, 0.05) is 0 Å². The predicted octanol–water partition coefficient (Wildman–Crippen LogP) is 6.30. The van der Waals surface area contributed by atoms with E-state index in [2.05, 4.69) is 161 Å². The summed E-state index contributed by atoms with van der Waals surface area (Å²) in [7, 11) is 4.43. The first-order valence-electron chi connectivity index (χ1n) is 13.4. The van der Waals surface area contributed by atoms with E-state index in [9.17, 15) is 0 Å². The molecule has 0 amide bonds. The van der Waals surface area contributed by atoms with E-state index in [1.807, 2.05) is 0 Å². The highest BCUT2D eigenvalue weighted by atomic mass is 15.2. The normalized spacial score (nSPS) is 19.1. The van der Waals surface area contributed by atoms with Crippen molar-refractivity contribution in [3.63, 3.8) is 0 Å². The van der Waals surface area contributed by atoms with Crippen molar-refractivity contribution in [3.05, 3.63) is 133 Å². The van der Waals surface area contributed by atoms with Gasteiger partial charge < -0.3 is 0 Å². The van der Waals surface area contributed by atoms with Crippen molar-refractivity contribution in [2.24, 2.45) is 20.0 Å². The number of benzene rings is 4. The molecule has 38 heavy (non-hydrogen) atoms. The average Bonchev–Trinajstić information content (AvgIpc) is 3.58. The standard InChI is InChI=1S/C34H32N4/c1-24-27(33-35(2)29-18-10-12-20-31(29)37(33)25-14-6-4-7-15-25)22-23-28(24)34-36(3)30-19-11-13-21-32(30)38(34)26-16-8-5-9-17-26/h4-24,27-28H,1-3H3/q+2. The smallest absolute Gasteiger partial charge is 0.229 e. The summed E-state index contributed by atoms with van der Waals surface area (Å²) >= 11 is 0. The molecule has 186 valence electrons. The summed E-state index contributed by atoms with van der Waals surface area (Å²) in [6, 6.07) is 39.0. The Kier molecular flexibility index (Phi) is 5.29. The van der Waals surface area contributed by atoms with Crippen LogP contribution in [0.25, 0.3) is 33.4 Å². The second-order valence-electron chi connectivity index (χ2n) is 10.4. The molecule has 0 saturated carbocycles. The third kappa shape index (κ3) is 3.30. The van der Waals surface area contributed by atoms with E-state index in [1.54, 1.807) is 0 Å². The molecule has 0 bridgehead atoms. The van der Waals surface area contributed by atoms with E-state index in [0.717, 1.165) is 0 Å². The minimum absolute atomic E-state index is 0.264. The molecule has 2 atom stereocenters. The number of fused-ring (bicyclic) bond motifs is 2. The van der Waals surface area contributed by atoms with Gasteiger partial charge in [-0.25, -0.2) is 9.13 Å². The maximum absolute atomic E-state index is 2.45. The highest BCUT2D eigenvalue weighted by molar-refractivity contribution is 5.76. The van der Waals surface area contributed by atoms with Crippen LogP contribution in [0.15, 0.2) is 121 Å².